The van der Waals surface area contributed by atoms with E-state index in [1.54, 1.807) is 61.1 Å². The van der Waals surface area contributed by atoms with Gasteiger partial charge in [-0.3, -0.25) is 20.1 Å². The van der Waals surface area contributed by atoms with E-state index in [2.05, 4.69) is 102 Å². The minimum atomic E-state index is -0.483. The quantitative estimate of drug-likeness (QED) is 0.0241. The third-order valence-corrected chi connectivity index (χ3v) is 20.9. The number of aliphatic hydroxyl groups excluding tert-OH is 2. The number of nitrogens with zero attached hydrogens (tertiary/aromatic N) is 7. The smallest absolute Gasteiger partial charge is 0.180 e. The number of para-hydroxylation sites is 3. The molecule has 0 aliphatic carbocycles. The fourth-order valence-electron chi connectivity index (χ4n) is 14.8. The Morgan fingerprint density at radius 2 is 1.05 bits per heavy atom. The normalized spacial score (nSPS) is 25.0. The summed E-state index contributed by atoms with van der Waals surface area (Å²) in [6.45, 7) is 16.1. The first-order valence-electron chi connectivity index (χ1n) is 38.0. The Labute approximate surface area is 646 Å². The number of benzene rings is 4. The van der Waals surface area contributed by atoms with Gasteiger partial charge in [-0.25, -0.2) is 15.0 Å². The van der Waals surface area contributed by atoms with Crippen molar-refractivity contribution in [1.29, 1.82) is 0 Å². The average molecular weight is 1520 g/mol. The van der Waals surface area contributed by atoms with Crippen LogP contribution in [0, 0.1) is 17.8 Å². The highest BCUT2D eigenvalue weighted by Crippen LogP contribution is 2.37. The molecule has 5 aliphatic heterocycles. The van der Waals surface area contributed by atoms with Gasteiger partial charge in [-0.15, -0.1) is 11.3 Å². The highest BCUT2D eigenvalue weighted by atomic mass is 32.1. The highest BCUT2D eigenvalue weighted by Gasteiger charge is 2.42. The first-order valence-corrected chi connectivity index (χ1v) is 38.9. The molecule has 582 valence electrons. The first kappa shape index (κ1) is 79.8. The van der Waals surface area contributed by atoms with Crippen LogP contribution in [0.15, 0.2) is 241 Å². The molecule has 10 N–H and O–H groups in total. The van der Waals surface area contributed by atoms with E-state index in [4.69, 9.17) is 42.0 Å². The molecule has 0 bridgehead atoms. The zero-order valence-corrected chi connectivity index (χ0v) is 63.0. The molecule has 15 unspecified atom stereocenters. The van der Waals surface area contributed by atoms with E-state index in [1.807, 2.05) is 158 Å². The Balaban J connectivity index is 0.000000129. The van der Waals surface area contributed by atoms with Crippen molar-refractivity contribution in [1.82, 2.24) is 77.0 Å². The van der Waals surface area contributed by atoms with E-state index in [9.17, 15) is 10.2 Å². The van der Waals surface area contributed by atoms with Gasteiger partial charge in [-0.2, -0.15) is 5.10 Å². The summed E-state index contributed by atoms with van der Waals surface area (Å²) in [5.41, 5.74) is 5.99. The maximum atomic E-state index is 10.3. The van der Waals surface area contributed by atoms with Crippen LogP contribution in [0.3, 0.4) is 0 Å². The largest absolute Gasteiger partial charge is 0.493 e. The van der Waals surface area contributed by atoms with Crippen molar-refractivity contribution >= 4 is 11.3 Å². The Kier molecular flexibility index (Phi) is 31.6. The van der Waals surface area contributed by atoms with Crippen LogP contribution in [0.4, 0.5) is 0 Å². The number of aromatic nitrogens is 9. The second-order valence-corrected chi connectivity index (χ2v) is 28.4. The van der Waals surface area contributed by atoms with Crippen molar-refractivity contribution < 1.29 is 52.2 Å². The Hall–Kier alpha value is -9.75. The van der Waals surface area contributed by atoms with Gasteiger partial charge in [0.2, 0.25) is 0 Å². The number of piperidine rings is 5. The zero-order chi connectivity index (χ0) is 75.6. The van der Waals surface area contributed by atoms with Gasteiger partial charge in [-0.05, 0) is 92.2 Å². The van der Waals surface area contributed by atoms with Gasteiger partial charge >= 0.3 is 0 Å². The van der Waals surface area contributed by atoms with E-state index in [0.717, 1.165) is 110 Å². The number of nitrogens with one attached hydrogen (secondary N) is 8. The molecule has 5 fully saturated rings. The number of hydrogen-bond donors (Lipinski definition) is 10. The number of H-pyrrole nitrogens is 2. The SMILES string of the molecule is CCCNC1CNCC(COc2cccnc2)C1c1ccn[nH]1.CCOC1CNCC(Oc2ccccc2)C1c1cnco1.OC1CNCC(COc2cccnc2)C1c1cncs1.OC1CNCC(Oc2ccccc2)C1c1cnc[nH]1.c1ccc(COC2CNCC(COc3ccccc3)C2c2cocn2)cc1. The summed E-state index contributed by atoms with van der Waals surface area (Å²) in [5.74, 6) is 6.29. The molecule has 4 aromatic carbocycles. The molecule has 11 aromatic rings. The molecular formula is C83H103N15O11S. The van der Waals surface area contributed by atoms with Crippen LogP contribution in [0.2, 0.25) is 0 Å². The minimum Gasteiger partial charge on any atom is -0.493 e. The molecular weight excluding hydrogens is 1420 g/mol. The summed E-state index contributed by atoms with van der Waals surface area (Å²) in [5, 5.41) is 48.2. The second kappa shape index (κ2) is 43.6. The summed E-state index contributed by atoms with van der Waals surface area (Å²) >= 11 is 1.59. The van der Waals surface area contributed by atoms with Gasteiger partial charge in [0.1, 0.15) is 53.0 Å². The summed E-state index contributed by atoms with van der Waals surface area (Å²) in [7, 11) is 0. The van der Waals surface area contributed by atoms with E-state index >= 15 is 0 Å². The van der Waals surface area contributed by atoms with Crippen molar-refractivity contribution in [3.8, 4) is 28.7 Å². The lowest BCUT2D eigenvalue weighted by molar-refractivity contribution is -0.0182. The molecule has 5 aliphatic rings. The van der Waals surface area contributed by atoms with Gasteiger partial charge < -0.3 is 89.1 Å². The lowest BCUT2D eigenvalue weighted by Gasteiger charge is -2.38. The molecule has 7 aromatic heterocycles. The zero-order valence-electron chi connectivity index (χ0n) is 62.2. The van der Waals surface area contributed by atoms with Gasteiger partial charge in [0.25, 0.3) is 0 Å². The Bertz CT molecular complexity index is 4090. The van der Waals surface area contributed by atoms with Gasteiger partial charge in [-0.1, -0.05) is 91.9 Å². The number of pyridine rings is 2. The Morgan fingerprint density at radius 1 is 0.482 bits per heavy atom. The number of aromatic amines is 2. The van der Waals surface area contributed by atoms with Crippen LogP contribution < -0.4 is 55.6 Å². The monoisotopic (exact) mass is 1520 g/mol. The molecule has 15 atom stereocenters. The van der Waals surface area contributed by atoms with Crippen molar-refractivity contribution in [2.24, 2.45) is 17.8 Å². The number of aliphatic hydroxyl groups is 2. The predicted molar refractivity (Wildman–Crippen MR) is 418 cm³/mol. The lowest BCUT2D eigenvalue weighted by atomic mass is 9.80. The van der Waals surface area contributed by atoms with Crippen molar-refractivity contribution in [3.05, 3.63) is 265 Å². The number of imidazole rings is 1. The molecule has 0 spiro atoms. The van der Waals surface area contributed by atoms with E-state index in [0.29, 0.717) is 70.5 Å². The van der Waals surface area contributed by atoms with E-state index < -0.39 is 12.2 Å². The summed E-state index contributed by atoms with van der Waals surface area (Å²) in [6, 6.07) is 49.7. The van der Waals surface area contributed by atoms with Crippen LogP contribution in [0.5, 0.6) is 28.7 Å². The number of β-amino-alcohol motifs (C(OH)–C–C–N with tert-alkyl or cyclic N) is 2. The third kappa shape index (κ3) is 23.6. The molecule has 12 heterocycles. The standard InChI is InChI=1S/C22H24N2O3.C17H25N5O.C16H20N2O3.C14H17N3O2S.C14H17N3O2/c1-3-7-17(8-4-1)13-27-21-12-23-11-18(22(21)20-15-25-16-24-20)14-26-19-9-5-2-6-10-19;1-2-6-20-16-11-19-9-13(17(16)15-5-8-21-22-15)12-23-14-4-3-7-18-10-14;1-2-19-13-8-17-10-15(16(13)14-9-18-11-20-14)21-12-6-4-3-5-7-12;18-12-6-16-4-10(14(12)13-7-17-9-20-13)8-19-11-2-1-3-15-5-11;18-12-7-15-8-13(14(12)11-6-16-9-17-11)19-10-4-2-1-3-5-10/h1-10,15-16,18,21-23H,11-14H2;3-5,7-8,10,13,16-17,19-20H,2,6,9,11-12H2,1H3,(H,21,22);3-7,9,11,13,15-17H,2,8,10H2,1H3;1-3,5,7,9-10,12,14,16,18H,4,6,8H2;1-6,9,12-15,18H,7-8H2,(H,16,17). The summed E-state index contributed by atoms with van der Waals surface area (Å²) < 4.78 is 52.8. The number of hydrogen-bond acceptors (Lipinski definition) is 25. The van der Waals surface area contributed by atoms with Crippen molar-refractivity contribution in [2.75, 3.05) is 98.4 Å². The molecule has 27 heteroatoms. The maximum absolute atomic E-state index is 10.3. The van der Waals surface area contributed by atoms with Crippen LogP contribution in [0.1, 0.15) is 83.1 Å². The summed E-state index contributed by atoms with van der Waals surface area (Å²) in [4.78, 5) is 28.9. The third-order valence-electron chi connectivity index (χ3n) is 20.0. The fourth-order valence-corrected chi connectivity index (χ4v) is 15.6. The maximum Gasteiger partial charge on any atom is 0.180 e. The molecule has 5 saturated heterocycles. The van der Waals surface area contributed by atoms with Crippen molar-refractivity contribution in [2.45, 2.75) is 99.1 Å². The van der Waals surface area contributed by atoms with Crippen LogP contribution in [0.25, 0.3) is 0 Å². The van der Waals surface area contributed by atoms with E-state index in [1.165, 1.54) is 24.0 Å². The second-order valence-electron chi connectivity index (χ2n) is 27.5. The topological polar surface area (TPSA) is 325 Å². The number of rotatable bonds is 26. The molecule has 26 nitrogen and oxygen atoms in total. The summed E-state index contributed by atoms with van der Waals surface area (Å²) in [6.07, 6.45) is 20.5. The minimum absolute atomic E-state index is 0.00781. The highest BCUT2D eigenvalue weighted by molar-refractivity contribution is 7.09. The van der Waals surface area contributed by atoms with Crippen LogP contribution in [-0.2, 0) is 16.1 Å². The molecule has 0 amide bonds. The molecule has 0 saturated carbocycles. The molecule has 16 rings (SSSR count). The Morgan fingerprint density at radius 3 is 1.61 bits per heavy atom. The lowest BCUT2D eigenvalue weighted by Crippen LogP contribution is -2.53. The first-order chi connectivity index (χ1) is 54.3. The van der Waals surface area contributed by atoms with Gasteiger partial charge in [0.05, 0.1) is 98.8 Å². The molecule has 0 radical (unpaired) electrons. The van der Waals surface area contributed by atoms with Crippen molar-refractivity contribution in [3.63, 3.8) is 0 Å². The van der Waals surface area contributed by atoms with E-state index in [-0.39, 0.29) is 59.9 Å². The van der Waals surface area contributed by atoms with Crippen LogP contribution >= 0.6 is 11.3 Å². The van der Waals surface area contributed by atoms with Gasteiger partial charge in [0, 0.05) is 161 Å². The fraction of sp³-hybridized carbons (Fsp3) is 0.410. The number of thiazole rings is 1. The number of ether oxygens (including phenoxy) is 7. The number of oxazole rings is 2. The average Bonchev–Trinajstić information content (AvgIpc) is 1.50. The van der Waals surface area contributed by atoms with Crippen LogP contribution in [-0.4, -0.2) is 196 Å². The predicted octanol–water partition coefficient (Wildman–Crippen LogP) is 9.60. The van der Waals surface area contributed by atoms with Gasteiger partial charge in [0.15, 0.2) is 12.8 Å². The molecule has 110 heavy (non-hydrogen) atoms.